The molecule has 0 heterocycles. The smallest absolute Gasteiger partial charge is 0.0406 e. The first-order valence-electron chi connectivity index (χ1n) is 5.44. The van der Waals surface area contributed by atoms with E-state index in [0.717, 1.165) is 11.6 Å². The lowest BCUT2D eigenvalue weighted by molar-refractivity contribution is 0.449. The standard InChI is InChI=1S/C14H16ClN/c1-16(2)10-11-3-4-13(9-11)12-5-7-14(15)8-6-12/h3-9,13H,10H2,1-2H3. The molecule has 0 aliphatic heterocycles. The maximum atomic E-state index is 5.88. The fraction of sp³-hybridized carbons (Fsp3) is 0.286. The molecule has 1 aromatic carbocycles. The summed E-state index contributed by atoms with van der Waals surface area (Å²) in [5.74, 6) is 0.409. The Morgan fingerprint density at radius 2 is 1.88 bits per heavy atom. The normalized spacial score (nSPS) is 19.2. The van der Waals surface area contributed by atoms with Gasteiger partial charge in [-0.15, -0.1) is 0 Å². The van der Waals surface area contributed by atoms with Gasteiger partial charge in [0, 0.05) is 17.5 Å². The lowest BCUT2D eigenvalue weighted by atomic mass is 10.0. The molecule has 84 valence electrons. The topological polar surface area (TPSA) is 3.24 Å². The Labute approximate surface area is 102 Å². The zero-order valence-corrected chi connectivity index (χ0v) is 10.4. The van der Waals surface area contributed by atoms with Crippen molar-refractivity contribution in [1.82, 2.24) is 4.90 Å². The number of allylic oxidation sites excluding steroid dienone is 2. The largest absolute Gasteiger partial charge is 0.305 e. The minimum Gasteiger partial charge on any atom is -0.305 e. The van der Waals surface area contributed by atoms with Gasteiger partial charge in [-0.1, -0.05) is 42.0 Å². The molecule has 0 spiro atoms. The Morgan fingerprint density at radius 1 is 1.19 bits per heavy atom. The highest BCUT2D eigenvalue weighted by Gasteiger charge is 2.11. The summed E-state index contributed by atoms with van der Waals surface area (Å²) in [6, 6.07) is 8.07. The van der Waals surface area contributed by atoms with E-state index >= 15 is 0 Å². The van der Waals surface area contributed by atoms with Gasteiger partial charge in [-0.2, -0.15) is 0 Å². The average molecular weight is 234 g/mol. The second-order valence-corrected chi connectivity index (χ2v) is 4.85. The van der Waals surface area contributed by atoms with Crippen LogP contribution in [0.15, 0.2) is 48.1 Å². The van der Waals surface area contributed by atoms with Crippen LogP contribution in [0.2, 0.25) is 5.02 Å². The third-order valence-corrected chi connectivity index (χ3v) is 2.92. The highest BCUT2D eigenvalue weighted by Crippen LogP contribution is 2.27. The zero-order valence-electron chi connectivity index (χ0n) is 9.65. The van der Waals surface area contributed by atoms with Crippen LogP contribution in [0.4, 0.5) is 0 Å². The van der Waals surface area contributed by atoms with Crippen molar-refractivity contribution in [3.05, 3.63) is 58.7 Å². The number of halogens is 1. The van der Waals surface area contributed by atoms with Crippen molar-refractivity contribution in [2.24, 2.45) is 0 Å². The molecule has 0 amide bonds. The molecule has 0 bridgehead atoms. The van der Waals surface area contributed by atoms with Crippen LogP contribution in [-0.2, 0) is 0 Å². The number of rotatable bonds is 3. The van der Waals surface area contributed by atoms with E-state index in [2.05, 4.69) is 49.4 Å². The van der Waals surface area contributed by atoms with E-state index < -0.39 is 0 Å². The van der Waals surface area contributed by atoms with Crippen molar-refractivity contribution >= 4 is 11.6 Å². The number of likely N-dealkylation sites (N-methyl/N-ethyl adjacent to an activating group) is 1. The van der Waals surface area contributed by atoms with E-state index in [1.165, 1.54) is 11.1 Å². The zero-order chi connectivity index (χ0) is 11.5. The summed E-state index contributed by atoms with van der Waals surface area (Å²) >= 11 is 5.88. The molecule has 0 saturated heterocycles. The fourth-order valence-corrected chi connectivity index (χ4v) is 2.06. The predicted molar refractivity (Wildman–Crippen MR) is 70.0 cm³/mol. The van der Waals surface area contributed by atoms with Crippen LogP contribution < -0.4 is 0 Å². The Morgan fingerprint density at radius 3 is 2.50 bits per heavy atom. The maximum Gasteiger partial charge on any atom is 0.0406 e. The Bertz CT molecular complexity index is 415. The van der Waals surface area contributed by atoms with Crippen LogP contribution in [0.3, 0.4) is 0 Å². The third-order valence-electron chi connectivity index (χ3n) is 2.66. The van der Waals surface area contributed by atoms with Gasteiger partial charge in [-0.25, -0.2) is 0 Å². The summed E-state index contributed by atoms with van der Waals surface area (Å²) in [7, 11) is 4.18. The maximum absolute atomic E-state index is 5.88. The van der Waals surface area contributed by atoms with E-state index in [1.807, 2.05) is 12.1 Å². The van der Waals surface area contributed by atoms with Crippen LogP contribution in [0.1, 0.15) is 11.5 Å². The second-order valence-electron chi connectivity index (χ2n) is 4.42. The molecule has 2 rings (SSSR count). The molecular weight excluding hydrogens is 218 g/mol. The molecule has 16 heavy (non-hydrogen) atoms. The van der Waals surface area contributed by atoms with Crippen LogP contribution in [0, 0.1) is 0 Å². The molecular formula is C14H16ClN. The second kappa shape index (κ2) is 4.86. The van der Waals surface area contributed by atoms with Crippen LogP contribution >= 0.6 is 11.6 Å². The van der Waals surface area contributed by atoms with Crippen LogP contribution in [0.5, 0.6) is 0 Å². The minimum absolute atomic E-state index is 0.409. The first-order valence-corrected chi connectivity index (χ1v) is 5.82. The third kappa shape index (κ3) is 2.75. The van der Waals surface area contributed by atoms with E-state index in [9.17, 15) is 0 Å². The van der Waals surface area contributed by atoms with E-state index in [0.29, 0.717) is 5.92 Å². The van der Waals surface area contributed by atoms with Crippen molar-refractivity contribution in [2.45, 2.75) is 5.92 Å². The van der Waals surface area contributed by atoms with Crippen LogP contribution in [0.25, 0.3) is 0 Å². The van der Waals surface area contributed by atoms with E-state index in [-0.39, 0.29) is 0 Å². The molecule has 0 radical (unpaired) electrons. The Kier molecular flexibility index (Phi) is 3.47. The van der Waals surface area contributed by atoms with Gasteiger partial charge in [-0.05, 0) is 37.4 Å². The molecule has 0 saturated carbocycles. The molecule has 0 fully saturated rings. The van der Waals surface area contributed by atoms with Crippen molar-refractivity contribution in [3.8, 4) is 0 Å². The van der Waals surface area contributed by atoms with Crippen molar-refractivity contribution in [1.29, 1.82) is 0 Å². The predicted octanol–water partition coefficient (Wildman–Crippen LogP) is 3.48. The van der Waals surface area contributed by atoms with Gasteiger partial charge in [0.25, 0.3) is 0 Å². The molecule has 1 unspecified atom stereocenters. The minimum atomic E-state index is 0.409. The van der Waals surface area contributed by atoms with Gasteiger partial charge in [0.15, 0.2) is 0 Å². The summed E-state index contributed by atoms with van der Waals surface area (Å²) in [5.41, 5.74) is 2.68. The number of nitrogens with zero attached hydrogens (tertiary/aromatic N) is 1. The monoisotopic (exact) mass is 233 g/mol. The highest BCUT2D eigenvalue weighted by atomic mass is 35.5. The summed E-state index contributed by atoms with van der Waals surface area (Å²) in [5, 5.41) is 0.795. The van der Waals surface area contributed by atoms with Crippen molar-refractivity contribution in [3.63, 3.8) is 0 Å². The fourth-order valence-electron chi connectivity index (χ4n) is 1.93. The van der Waals surface area contributed by atoms with Crippen LogP contribution in [-0.4, -0.2) is 25.5 Å². The molecule has 1 aromatic rings. The summed E-state index contributed by atoms with van der Waals surface area (Å²) in [6.07, 6.45) is 6.75. The molecule has 1 atom stereocenters. The molecule has 2 heteroatoms. The number of hydrogen-bond acceptors (Lipinski definition) is 1. The molecule has 0 aromatic heterocycles. The summed E-state index contributed by atoms with van der Waals surface area (Å²) in [4.78, 5) is 2.18. The number of hydrogen-bond donors (Lipinski definition) is 0. The lowest BCUT2D eigenvalue weighted by Gasteiger charge is -2.09. The molecule has 1 aliphatic carbocycles. The van der Waals surface area contributed by atoms with E-state index in [1.54, 1.807) is 0 Å². The SMILES string of the molecule is CN(C)CC1=CC(c2ccc(Cl)cc2)C=C1. The summed E-state index contributed by atoms with van der Waals surface area (Å²) < 4.78 is 0. The van der Waals surface area contributed by atoms with E-state index in [4.69, 9.17) is 11.6 Å². The van der Waals surface area contributed by atoms with Crippen molar-refractivity contribution in [2.75, 3.05) is 20.6 Å². The first kappa shape index (κ1) is 11.4. The lowest BCUT2D eigenvalue weighted by Crippen LogP contribution is -2.13. The van der Waals surface area contributed by atoms with Gasteiger partial charge in [0.1, 0.15) is 0 Å². The van der Waals surface area contributed by atoms with Gasteiger partial charge < -0.3 is 4.90 Å². The van der Waals surface area contributed by atoms with Gasteiger partial charge in [0.05, 0.1) is 0 Å². The summed E-state index contributed by atoms with van der Waals surface area (Å²) in [6.45, 7) is 1.00. The van der Waals surface area contributed by atoms with Gasteiger partial charge >= 0.3 is 0 Å². The Hall–Kier alpha value is -1.05. The van der Waals surface area contributed by atoms with Gasteiger partial charge in [-0.3, -0.25) is 0 Å². The highest BCUT2D eigenvalue weighted by molar-refractivity contribution is 6.30. The quantitative estimate of drug-likeness (QED) is 0.773. The molecule has 1 aliphatic rings. The molecule has 1 nitrogen and oxygen atoms in total. The number of benzene rings is 1. The molecule has 0 N–H and O–H groups in total. The van der Waals surface area contributed by atoms with Gasteiger partial charge in [0.2, 0.25) is 0 Å². The average Bonchev–Trinajstić information content (AvgIpc) is 2.66. The first-order chi connectivity index (χ1) is 7.65. The van der Waals surface area contributed by atoms with Crippen molar-refractivity contribution < 1.29 is 0 Å². The Balaban J connectivity index is 2.11.